The normalized spacial score (nSPS) is 9.95. The quantitative estimate of drug-likeness (QED) is 0.849. The minimum Gasteiger partial charge on any atom is -0.467 e. The summed E-state index contributed by atoms with van der Waals surface area (Å²) < 4.78 is 10.1. The van der Waals surface area contributed by atoms with Gasteiger partial charge in [-0.3, -0.25) is 0 Å². The molecule has 0 atom stereocenters. The maximum Gasteiger partial charge on any atom is 0.421 e. The van der Waals surface area contributed by atoms with E-state index in [1.54, 1.807) is 31.2 Å². The van der Waals surface area contributed by atoms with E-state index in [2.05, 4.69) is 15.0 Å². The Morgan fingerprint density at radius 2 is 1.85 bits per heavy atom. The van der Waals surface area contributed by atoms with Crippen LogP contribution in [0.1, 0.15) is 5.82 Å². The van der Waals surface area contributed by atoms with Crippen molar-refractivity contribution < 1.29 is 14.3 Å². The number of amides is 1. The SMILES string of the molecule is COc1nc(C)nc(N(C)C(=O)Oc2ccccc2)n1. The number of hydrogen-bond acceptors (Lipinski definition) is 6. The molecule has 0 aliphatic heterocycles. The van der Waals surface area contributed by atoms with Gasteiger partial charge in [0.2, 0.25) is 5.95 Å². The lowest BCUT2D eigenvalue weighted by Gasteiger charge is -2.15. The third-order valence-electron chi connectivity index (χ3n) is 2.42. The number of nitrogens with zero attached hydrogens (tertiary/aromatic N) is 4. The van der Waals surface area contributed by atoms with E-state index in [1.165, 1.54) is 19.1 Å². The fourth-order valence-electron chi connectivity index (χ4n) is 1.42. The van der Waals surface area contributed by atoms with Gasteiger partial charge in [0.25, 0.3) is 0 Å². The highest BCUT2D eigenvalue weighted by atomic mass is 16.6. The molecule has 0 N–H and O–H groups in total. The van der Waals surface area contributed by atoms with Crippen LogP contribution in [0.15, 0.2) is 30.3 Å². The second-order valence-electron chi connectivity index (χ2n) is 3.91. The summed E-state index contributed by atoms with van der Waals surface area (Å²) in [6, 6.07) is 8.90. The van der Waals surface area contributed by atoms with Crippen molar-refractivity contribution in [3.8, 4) is 11.8 Å². The van der Waals surface area contributed by atoms with Gasteiger partial charge in [0.15, 0.2) is 0 Å². The maximum absolute atomic E-state index is 12.0. The number of para-hydroxylation sites is 1. The van der Waals surface area contributed by atoms with Crippen molar-refractivity contribution in [2.45, 2.75) is 6.92 Å². The first kappa shape index (κ1) is 13.7. The molecule has 0 saturated heterocycles. The second kappa shape index (κ2) is 5.96. The Balaban J connectivity index is 2.16. The molecular formula is C13H14N4O3. The van der Waals surface area contributed by atoms with E-state index in [9.17, 15) is 4.79 Å². The molecule has 0 aliphatic rings. The van der Waals surface area contributed by atoms with Crippen LogP contribution in [0.5, 0.6) is 11.8 Å². The highest BCUT2D eigenvalue weighted by Crippen LogP contribution is 2.14. The zero-order valence-corrected chi connectivity index (χ0v) is 11.4. The minimum absolute atomic E-state index is 0.145. The average Bonchev–Trinajstić information content (AvgIpc) is 2.46. The summed E-state index contributed by atoms with van der Waals surface area (Å²) in [5, 5.41) is 0. The lowest BCUT2D eigenvalue weighted by atomic mass is 10.3. The first-order chi connectivity index (χ1) is 9.60. The highest BCUT2D eigenvalue weighted by Gasteiger charge is 2.17. The van der Waals surface area contributed by atoms with Gasteiger partial charge in [-0.15, -0.1) is 0 Å². The van der Waals surface area contributed by atoms with Gasteiger partial charge in [-0.05, 0) is 19.1 Å². The van der Waals surface area contributed by atoms with E-state index in [1.807, 2.05) is 6.07 Å². The first-order valence-electron chi connectivity index (χ1n) is 5.87. The second-order valence-corrected chi connectivity index (χ2v) is 3.91. The van der Waals surface area contributed by atoms with Crippen LogP contribution in [-0.4, -0.2) is 35.2 Å². The molecule has 1 aromatic heterocycles. The van der Waals surface area contributed by atoms with E-state index in [4.69, 9.17) is 9.47 Å². The smallest absolute Gasteiger partial charge is 0.421 e. The molecule has 0 aliphatic carbocycles. The monoisotopic (exact) mass is 274 g/mol. The minimum atomic E-state index is -0.594. The fraction of sp³-hybridized carbons (Fsp3) is 0.231. The molecule has 0 radical (unpaired) electrons. The van der Waals surface area contributed by atoms with Crippen molar-refractivity contribution in [1.29, 1.82) is 0 Å². The summed E-state index contributed by atoms with van der Waals surface area (Å²) in [4.78, 5) is 25.2. The number of carbonyl (C=O) groups excluding carboxylic acids is 1. The topological polar surface area (TPSA) is 77.4 Å². The van der Waals surface area contributed by atoms with Gasteiger partial charge in [-0.2, -0.15) is 15.0 Å². The predicted molar refractivity (Wildman–Crippen MR) is 72.0 cm³/mol. The molecule has 0 spiro atoms. The molecule has 104 valence electrons. The molecule has 0 bridgehead atoms. The molecule has 0 saturated carbocycles. The number of hydrogen-bond donors (Lipinski definition) is 0. The zero-order valence-electron chi connectivity index (χ0n) is 11.4. The van der Waals surface area contributed by atoms with Crippen LogP contribution in [0.3, 0.4) is 0 Å². The molecule has 0 fully saturated rings. The molecule has 1 heterocycles. The van der Waals surface area contributed by atoms with Crippen LogP contribution in [0.2, 0.25) is 0 Å². The predicted octanol–water partition coefficient (Wildman–Crippen LogP) is 1.82. The summed E-state index contributed by atoms with van der Waals surface area (Å²) in [5.41, 5.74) is 0. The van der Waals surface area contributed by atoms with Crippen LogP contribution >= 0.6 is 0 Å². The molecule has 2 aromatic rings. The number of aromatic nitrogens is 3. The summed E-state index contributed by atoms with van der Waals surface area (Å²) in [7, 11) is 2.96. The number of aryl methyl sites for hydroxylation is 1. The summed E-state index contributed by atoms with van der Waals surface area (Å²) in [5.74, 6) is 1.06. The molecule has 1 amide bonds. The third-order valence-corrected chi connectivity index (χ3v) is 2.42. The van der Waals surface area contributed by atoms with Gasteiger partial charge in [0, 0.05) is 7.05 Å². The summed E-state index contributed by atoms with van der Waals surface area (Å²) >= 11 is 0. The molecule has 2 rings (SSSR count). The lowest BCUT2D eigenvalue weighted by molar-refractivity contribution is 0.208. The Bertz CT molecular complexity index is 604. The summed E-state index contributed by atoms with van der Waals surface area (Å²) in [6.45, 7) is 1.68. The Morgan fingerprint density at radius 1 is 1.15 bits per heavy atom. The van der Waals surface area contributed by atoms with E-state index >= 15 is 0 Å². The van der Waals surface area contributed by atoms with Crippen LogP contribution < -0.4 is 14.4 Å². The molecule has 1 aromatic carbocycles. The number of rotatable bonds is 3. The molecule has 7 heteroatoms. The van der Waals surface area contributed by atoms with E-state index in [-0.39, 0.29) is 12.0 Å². The van der Waals surface area contributed by atoms with Crippen LogP contribution in [-0.2, 0) is 0 Å². The third kappa shape index (κ3) is 3.19. The van der Waals surface area contributed by atoms with Crippen molar-refractivity contribution in [2.24, 2.45) is 0 Å². The van der Waals surface area contributed by atoms with Crippen molar-refractivity contribution in [3.05, 3.63) is 36.2 Å². The molecule has 7 nitrogen and oxygen atoms in total. The Kier molecular flexibility index (Phi) is 4.09. The van der Waals surface area contributed by atoms with Crippen LogP contribution in [0, 0.1) is 6.92 Å². The van der Waals surface area contributed by atoms with E-state index in [0.29, 0.717) is 11.6 Å². The number of methoxy groups -OCH3 is 1. The van der Waals surface area contributed by atoms with E-state index in [0.717, 1.165) is 0 Å². The van der Waals surface area contributed by atoms with Crippen molar-refractivity contribution in [2.75, 3.05) is 19.1 Å². The van der Waals surface area contributed by atoms with Gasteiger partial charge >= 0.3 is 12.1 Å². The number of ether oxygens (including phenoxy) is 2. The van der Waals surface area contributed by atoms with Gasteiger partial charge in [0.1, 0.15) is 11.6 Å². The average molecular weight is 274 g/mol. The highest BCUT2D eigenvalue weighted by molar-refractivity contribution is 5.86. The van der Waals surface area contributed by atoms with Gasteiger partial charge < -0.3 is 9.47 Å². The number of carbonyl (C=O) groups is 1. The number of benzene rings is 1. The van der Waals surface area contributed by atoms with Gasteiger partial charge in [0.05, 0.1) is 7.11 Å². The van der Waals surface area contributed by atoms with Crippen LogP contribution in [0.25, 0.3) is 0 Å². The Labute approximate surface area is 116 Å². The van der Waals surface area contributed by atoms with Crippen molar-refractivity contribution in [1.82, 2.24) is 15.0 Å². The molecular weight excluding hydrogens is 260 g/mol. The lowest BCUT2D eigenvalue weighted by Crippen LogP contribution is -2.31. The molecule has 0 unspecified atom stereocenters. The number of anilines is 1. The maximum atomic E-state index is 12.0. The van der Waals surface area contributed by atoms with E-state index < -0.39 is 6.09 Å². The van der Waals surface area contributed by atoms with Crippen molar-refractivity contribution >= 4 is 12.0 Å². The molecule has 20 heavy (non-hydrogen) atoms. The van der Waals surface area contributed by atoms with Crippen LogP contribution in [0.4, 0.5) is 10.7 Å². The van der Waals surface area contributed by atoms with Crippen molar-refractivity contribution in [3.63, 3.8) is 0 Å². The Morgan fingerprint density at radius 3 is 2.50 bits per heavy atom. The zero-order chi connectivity index (χ0) is 14.5. The first-order valence-corrected chi connectivity index (χ1v) is 5.87. The fourth-order valence-corrected chi connectivity index (χ4v) is 1.42. The largest absolute Gasteiger partial charge is 0.467 e. The van der Waals surface area contributed by atoms with Gasteiger partial charge in [-0.25, -0.2) is 9.69 Å². The van der Waals surface area contributed by atoms with Gasteiger partial charge in [-0.1, -0.05) is 18.2 Å². The Hall–Kier alpha value is -2.70. The standard InChI is InChI=1S/C13H14N4O3/c1-9-14-11(16-12(15-9)19-3)17(2)13(18)20-10-7-5-4-6-8-10/h4-8H,1-3H3. The summed E-state index contributed by atoms with van der Waals surface area (Å²) in [6.07, 6.45) is -0.594.